The molecule has 2 fully saturated rings. The Balaban J connectivity index is 1.56. The molecule has 0 N–H and O–H groups in total. The number of esters is 1. The lowest BCUT2D eigenvalue weighted by Gasteiger charge is -2.44. The van der Waals surface area contributed by atoms with Crippen molar-refractivity contribution in [1.82, 2.24) is 9.80 Å². The van der Waals surface area contributed by atoms with Crippen LogP contribution in [0.5, 0.6) is 0 Å². The van der Waals surface area contributed by atoms with Crippen molar-refractivity contribution in [2.24, 2.45) is 5.92 Å². The molecular weight excluding hydrogens is 324 g/mol. The molecule has 0 aliphatic carbocycles. The van der Waals surface area contributed by atoms with Gasteiger partial charge in [0, 0.05) is 19.1 Å². The lowest BCUT2D eigenvalue weighted by atomic mass is 9.91. The van der Waals surface area contributed by atoms with Crippen LogP contribution in [-0.2, 0) is 25.7 Å². The topological polar surface area (TPSA) is 76.1 Å². The molecule has 0 unspecified atom stereocenters. The molecule has 0 spiro atoms. The third kappa shape index (κ3) is 3.92. The van der Waals surface area contributed by atoms with E-state index in [0.717, 1.165) is 5.56 Å². The zero-order chi connectivity index (χ0) is 17.8. The molecule has 2 heterocycles. The molecular formula is C18H22N2O5. The van der Waals surface area contributed by atoms with E-state index in [1.807, 2.05) is 30.3 Å². The highest BCUT2D eigenvalue weighted by molar-refractivity contribution is 5.85. The summed E-state index contributed by atoms with van der Waals surface area (Å²) in [6.45, 7) is 0.970. The highest BCUT2D eigenvalue weighted by Gasteiger charge is 2.41. The number of carbonyl (C=O) groups excluding carboxylic acids is 3. The number of rotatable bonds is 3. The minimum absolute atomic E-state index is 0.0159. The van der Waals surface area contributed by atoms with Crippen molar-refractivity contribution in [1.29, 1.82) is 0 Å². The largest absolute Gasteiger partial charge is 0.469 e. The summed E-state index contributed by atoms with van der Waals surface area (Å²) in [5.41, 5.74) is 0.902. The third-order valence-electron chi connectivity index (χ3n) is 4.78. The fourth-order valence-corrected chi connectivity index (χ4v) is 3.40. The van der Waals surface area contributed by atoms with Gasteiger partial charge < -0.3 is 14.4 Å². The highest BCUT2D eigenvalue weighted by atomic mass is 16.6. The van der Waals surface area contributed by atoms with Crippen molar-refractivity contribution in [3.63, 3.8) is 0 Å². The second-order valence-corrected chi connectivity index (χ2v) is 6.42. The predicted octanol–water partition coefficient (Wildman–Crippen LogP) is 1.42. The van der Waals surface area contributed by atoms with Crippen LogP contribution in [0.25, 0.3) is 0 Å². The summed E-state index contributed by atoms with van der Waals surface area (Å²) in [4.78, 5) is 39.5. The van der Waals surface area contributed by atoms with Crippen LogP contribution in [0.3, 0.4) is 0 Å². The van der Waals surface area contributed by atoms with Gasteiger partial charge in [-0.2, -0.15) is 0 Å². The fraction of sp³-hybridized carbons (Fsp3) is 0.500. The molecule has 0 aromatic heterocycles. The molecule has 2 aliphatic rings. The number of nitrogens with zero attached hydrogens (tertiary/aromatic N) is 2. The minimum Gasteiger partial charge on any atom is -0.469 e. The predicted molar refractivity (Wildman–Crippen MR) is 88.4 cm³/mol. The first-order valence-electron chi connectivity index (χ1n) is 8.41. The van der Waals surface area contributed by atoms with Crippen LogP contribution in [0.15, 0.2) is 30.3 Å². The monoisotopic (exact) mass is 346 g/mol. The van der Waals surface area contributed by atoms with E-state index < -0.39 is 6.09 Å². The zero-order valence-electron chi connectivity index (χ0n) is 14.2. The first-order chi connectivity index (χ1) is 12.1. The van der Waals surface area contributed by atoms with Gasteiger partial charge in [0.15, 0.2) is 0 Å². The third-order valence-corrected chi connectivity index (χ3v) is 4.78. The molecule has 1 aromatic rings. The summed E-state index contributed by atoms with van der Waals surface area (Å²) < 4.78 is 10.1. The summed E-state index contributed by atoms with van der Waals surface area (Å²) in [5.74, 6) is -0.709. The Labute approximate surface area is 146 Å². The molecule has 2 amide bonds. The lowest BCUT2D eigenvalue weighted by Crippen LogP contribution is -2.61. The van der Waals surface area contributed by atoms with Crippen LogP contribution in [0, 0.1) is 5.92 Å². The van der Waals surface area contributed by atoms with Gasteiger partial charge in [0.2, 0.25) is 5.91 Å². The number of hydrogen-bond donors (Lipinski definition) is 0. The summed E-state index contributed by atoms with van der Waals surface area (Å²) in [7, 11) is 1.36. The molecule has 25 heavy (non-hydrogen) atoms. The summed E-state index contributed by atoms with van der Waals surface area (Å²) in [6.07, 6.45) is 0.856. The van der Waals surface area contributed by atoms with Gasteiger partial charge in [-0.05, 0) is 18.4 Å². The smallest absolute Gasteiger partial charge is 0.410 e. The Morgan fingerprint density at radius 3 is 2.64 bits per heavy atom. The Bertz CT molecular complexity index is 648. The van der Waals surface area contributed by atoms with E-state index in [-0.39, 0.29) is 37.0 Å². The molecule has 134 valence electrons. The zero-order valence-corrected chi connectivity index (χ0v) is 14.2. The van der Waals surface area contributed by atoms with Gasteiger partial charge in [-0.15, -0.1) is 0 Å². The van der Waals surface area contributed by atoms with E-state index in [2.05, 4.69) is 0 Å². The second-order valence-electron chi connectivity index (χ2n) is 6.42. The van der Waals surface area contributed by atoms with Crippen LogP contribution < -0.4 is 0 Å². The average Bonchev–Trinajstić information content (AvgIpc) is 2.66. The van der Waals surface area contributed by atoms with E-state index in [9.17, 15) is 14.4 Å². The van der Waals surface area contributed by atoms with Gasteiger partial charge in [0.1, 0.15) is 13.2 Å². The van der Waals surface area contributed by atoms with Crippen LogP contribution in [-0.4, -0.2) is 60.6 Å². The molecule has 3 rings (SSSR count). The van der Waals surface area contributed by atoms with Gasteiger partial charge >= 0.3 is 12.1 Å². The van der Waals surface area contributed by atoms with E-state index >= 15 is 0 Å². The number of ether oxygens (including phenoxy) is 2. The van der Waals surface area contributed by atoms with E-state index in [1.165, 1.54) is 12.0 Å². The maximum absolute atomic E-state index is 12.4. The number of fused-ring (bicyclic) bond motifs is 1. The Hall–Kier alpha value is -2.57. The molecule has 7 heteroatoms. The second kappa shape index (κ2) is 7.55. The van der Waals surface area contributed by atoms with E-state index in [0.29, 0.717) is 25.9 Å². The maximum atomic E-state index is 12.4. The van der Waals surface area contributed by atoms with E-state index in [4.69, 9.17) is 9.47 Å². The molecule has 2 aliphatic heterocycles. The standard InChI is InChI=1S/C18H22N2O5/c1-24-17(22)14-7-8-15-10-19(11-16(21)20(15)9-14)18(23)25-12-13-5-3-2-4-6-13/h2-6,14-15H,7-12H2,1H3/t14-,15+/m1/s1. The summed E-state index contributed by atoms with van der Waals surface area (Å²) >= 11 is 0. The van der Waals surface area contributed by atoms with Gasteiger partial charge in [-0.25, -0.2) is 4.79 Å². The van der Waals surface area contributed by atoms with E-state index in [1.54, 1.807) is 4.90 Å². The number of amides is 2. The maximum Gasteiger partial charge on any atom is 0.410 e. The van der Waals surface area contributed by atoms with Crippen LogP contribution >= 0.6 is 0 Å². The molecule has 2 saturated heterocycles. The van der Waals surface area contributed by atoms with Crippen molar-refractivity contribution in [3.05, 3.63) is 35.9 Å². The number of methoxy groups -OCH3 is 1. The number of carbonyl (C=O) groups is 3. The van der Waals surface area contributed by atoms with Gasteiger partial charge in [0.05, 0.1) is 13.0 Å². The lowest BCUT2D eigenvalue weighted by molar-refractivity contribution is -0.153. The van der Waals surface area contributed by atoms with Gasteiger partial charge in [-0.1, -0.05) is 30.3 Å². The minimum atomic E-state index is -0.480. The number of piperazine rings is 1. The van der Waals surface area contributed by atoms with Gasteiger partial charge in [0.25, 0.3) is 0 Å². The van der Waals surface area contributed by atoms with Crippen molar-refractivity contribution in [2.45, 2.75) is 25.5 Å². The molecule has 0 radical (unpaired) electrons. The Kier molecular flexibility index (Phi) is 5.21. The quantitative estimate of drug-likeness (QED) is 0.774. The Morgan fingerprint density at radius 2 is 1.92 bits per heavy atom. The average molecular weight is 346 g/mol. The number of hydrogen-bond acceptors (Lipinski definition) is 5. The number of benzene rings is 1. The summed E-state index contributed by atoms with van der Waals surface area (Å²) in [5, 5.41) is 0. The molecule has 0 bridgehead atoms. The van der Waals surface area contributed by atoms with Crippen molar-refractivity contribution in [3.8, 4) is 0 Å². The van der Waals surface area contributed by atoms with Gasteiger partial charge in [-0.3, -0.25) is 14.5 Å². The normalized spacial score (nSPS) is 23.0. The van der Waals surface area contributed by atoms with Crippen LogP contribution in [0.2, 0.25) is 0 Å². The first kappa shape index (κ1) is 17.3. The molecule has 1 aromatic carbocycles. The summed E-state index contributed by atoms with van der Waals surface area (Å²) in [6, 6.07) is 9.35. The molecule has 7 nitrogen and oxygen atoms in total. The first-order valence-corrected chi connectivity index (χ1v) is 8.41. The van der Waals surface area contributed by atoms with Crippen molar-refractivity contribution < 1.29 is 23.9 Å². The fourth-order valence-electron chi connectivity index (χ4n) is 3.40. The van der Waals surface area contributed by atoms with Crippen LogP contribution in [0.4, 0.5) is 4.79 Å². The SMILES string of the molecule is COC(=O)[C@@H]1CC[C@H]2CN(C(=O)OCc3ccccc3)CC(=O)N2C1. The highest BCUT2D eigenvalue weighted by Crippen LogP contribution is 2.26. The van der Waals surface area contributed by atoms with Crippen molar-refractivity contribution >= 4 is 18.0 Å². The molecule has 2 atom stereocenters. The number of piperidine rings is 1. The Morgan fingerprint density at radius 1 is 1.16 bits per heavy atom. The van der Waals surface area contributed by atoms with Crippen LogP contribution in [0.1, 0.15) is 18.4 Å². The molecule has 0 saturated carbocycles. The van der Waals surface area contributed by atoms with Crippen molar-refractivity contribution in [2.75, 3.05) is 26.7 Å².